The quantitative estimate of drug-likeness (QED) is 0.314. The molecule has 0 spiro atoms. The standard InChI is InChI=1S/C25H36N6O.HI/c1-26-25(29-21-12-16-31(19-21)22-9-5-6-10-23(22)32-2)28-18-20-11-13-27-24(17-20)30-14-7-3-4-8-15-30;/h5-6,9-11,13,17,21H,3-4,7-8,12,14-16,18-19H2,1-2H3,(H2,26,28,29);1H. The van der Waals surface area contributed by atoms with Gasteiger partial charge in [0.2, 0.25) is 0 Å². The monoisotopic (exact) mass is 564 g/mol. The van der Waals surface area contributed by atoms with Gasteiger partial charge in [0.15, 0.2) is 5.96 Å². The molecule has 2 fully saturated rings. The summed E-state index contributed by atoms with van der Waals surface area (Å²) in [5.41, 5.74) is 2.38. The zero-order valence-electron chi connectivity index (χ0n) is 19.8. The normalized spacial score (nSPS) is 19.0. The number of nitrogens with one attached hydrogen (secondary N) is 2. The van der Waals surface area contributed by atoms with Crippen LogP contribution in [0, 0.1) is 0 Å². The first kappa shape index (κ1) is 25.4. The highest BCUT2D eigenvalue weighted by Gasteiger charge is 2.25. The van der Waals surface area contributed by atoms with Crippen LogP contribution in [0.5, 0.6) is 5.75 Å². The van der Waals surface area contributed by atoms with Gasteiger partial charge in [-0.3, -0.25) is 4.99 Å². The van der Waals surface area contributed by atoms with Crippen LogP contribution >= 0.6 is 24.0 Å². The fourth-order valence-corrected chi connectivity index (χ4v) is 4.60. The van der Waals surface area contributed by atoms with Gasteiger partial charge in [-0.05, 0) is 49.1 Å². The van der Waals surface area contributed by atoms with Crippen molar-refractivity contribution in [3.05, 3.63) is 48.2 Å². The Kier molecular flexibility index (Phi) is 9.90. The number of anilines is 2. The molecule has 0 amide bonds. The second-order valence-electron chi connectivity index (χ2n) is 8.60. The van der Waals surface area contributed by atoms with Crippen molar-refractivity contribution in [3.63, 3.8) is 0 Å². The molecule has 33 heavy (non-hydrogen) atoms. The lowest BCUT2D eigenvalue weighted by atomic mass is 10.2. The minimum absolute atomic E-state index is 0. The topological polar surface area (TPSA) is 65.0 Å². The molecule has 1 aromatic carbocycles. The van der Waals surface area contributed by atoms with E-state index < -0.39 is 0 Å². The number of aliphatic imine (C=N–C) groups is 1. The smallest absolute Gasteiger partial charge is 0.191 e. The number of halogens is 1. The molecule has 180 valence electrons. The molecule has 4 rings (SSSR count). The van der Waals surface area contributed by atoms with E-state index >= 15 is 0 Å². The van der Waals surface area contributed by atoms with Crippen molar-refractivity contribution >= 4 is 41.4 Å². The van der Waals surface area contributed by atoms with Crippen molar-refractivity contribution in [1.82, 2.24) is 15.6 Å². The van der Waals surface area contributed by atoms with Gasteiger partial charge in [0.25, 0.3) is 0 Å². The second-order valence-corrected chi connectivity index (χ2v) is 8.60. The predicted molar refractivity (Wildman–Crippen MR) is 147 cm³/mol. The molecule has 1 aromatic heterocycles. The van der Waals surface area contributed by atoms with E-state index in [9.17, 15) is 0 Å². The number of methoxy groups -OCH3 is 1. The number of aromatic nitrogens is 1. The summed E-state index contributed by atoms with van der Waals surface area (Å²) in [5, 5.41) is 7.07. The number of benzene rings is 1. The Morgan fingerprint density at radius 1 is 1.09 bits per heavy atom. The van der Waals surface area contributed by atoms with Gasteiger partial charge >= 0.3 is 0 Å². The summed E-state index contributed by atoms with van der Waals surface area (Å²) in [4.78, 5) is 13.9. The van der Waals surface area contributed by atoms with E-state index in [0.717, 1.165) is 62.4 Å². The van der Waals surface area contributed by atoms with Crippen molar-refractivity contribution in [2.24, 2.45) is 4.99 Å². The van der Waals surface area contributed by atoms with Crippen molar-refractivity contribution in [1.29, 1.82) is 0 Å². The lowest BCUT2D eigenvalue weighted by molar-refractivity contribution is 0.415. The van der Waals surface area contributed by atoms with Gasteiger partial charge in [0, 0.05) is 52.0 Å². The van der Waals surface area contributed by atoms with Crippen LogP contribution in [0.4, 0.5) is 11.5 Å². The minimum atomic E-state index is 0. The molecule has 3 heterocycles. The zero-order valence-corrected chi connectivity index (χ0v) is 22.1. The summed E-state index contributed by atoms with van der Waals surface area (Å²) < 4.78 is 5.54. The van der Waals surface area contributed by atoms with Gasteiger partial charge in [0.1, 0.15) is 11.6 Å². The van der Waals surface area contributed by atoms with Crippen LogP contribution in [0.3, 0.4) is 0 Å². The highest BCUT2D eigenvalue weighted by atomic mass is 127. The van der Waals surface area contributed by atoms with E-state index in [1.54, 1.807) is 7.11 Å². The molecule has 2 N–H and O–H groups in total. The number of pyridine rings is 1. The van der Waals surface area contributed by atoms with Gasteiger partial charge < -0.3 is 25.2 Å². The van der Waals surface area contributed by atoms with Crippen LogP contribution in [0.2, 0.25) is 0 Å². The Labute approximate surface area is 215 Å². The summed E-state index contributed by atoms with van der Waals surface area (Å²) in [6, 6.07) is 12.9. The van der Waals surface area contributed by atoms with E-state index in [4.69, 9.17) is 4.74 Å². The molecule has 0 bridgehead atoms. The Bertz CT molecular complexity index is 900. The molecule has 0 saturated carbocycles. The summed E-state index contributed by atoms with van der Waals surface area (Å²) in [6.45, 7) is 4.87. The Balaban J connectivity index is 0.00000306. The van der Waals surface area contributed by atoms with Crippen molar-refractivity contribution in [3.8, 4) is 5.75 Å². The summed E-state index contributed by atoms with van der Waals surface area (Å²) in [6.07, 6.45) is 8.16. The molecule has 2 aromatic rings. The van der Waals surface area contributed by atoms with Crippen LogP contribution in [0.1, 0.15) is 37.7 Å². The average molecular weight is 565 g/mol. The van der Waals surface area contributed by atoms with Crippen molar-refractivity contribution in [2.45, 2.75) is 44.7 Å². The molecule has 8 heteroatoms. The van der Waals surface area contributed by atoms with E-state index in [1.807, 2.05) is 25.4 Å². The molecular formula is C25H37IN6O. The summed E-state index contributed by atoms with van der Waals surface area (Å²) in [7, 11) is 3.56. The lowest BCUT2D eigenvalue weighted by Crippen LogP contribution is -2.44. The third-order valence-electron chi connectivity index (χ3n) is 6.38. The van der Waals surface area contributed by atoms with E-state index in [2.05, 4.69) is 54.7 Å². The SMILES string of the molecule is CN=C(NCc1ccnc(N2CCCCCC2)c1)NC1CCN(c2ccccc2OC)C1.I. The van der Waals surface area contributed by atoms with Crippen molar-refractivity contribution in [2.75, 3.05) is 50.1 Å². The highest BCUT2D eigenvalue weighted by molar-refractivity contribution is 14.0. The van der Waals surface area contributed by atoms with Crippen LogP contribution in [0.15, 0.2) is 47.6 Å². The molecule has 1 unspecified atom stereocenters. The molecule has 7 nitrogen and oxygen atoms in total. The number of ether oxygens (including phenoxy) is 1. The highest BCUT2D eigenvalue weighted by Crippen LogP contribution is 2.30. The Morgan fingerprint density at radius 2 is 1.88 bits per heavy atom. The minimum Gasteiger partial charge on any atom is -0.495 e. The number of rotatable bonds is 6. The molecule has 2 aliphatic rings. The van der Waals surface area contributed by atoms with Crippen LogP contribution in [-0.4, -0.2) is 57.3 Å². The number of nitrogens with zero attached hydrogens (tertiary/aromatic N) is 4. The van der Waals surface area contributed by atoms with E-state index in [0.29, 0.717) is 6.04 Å². The number of hydrogen-bond acceptors (Lipinski definition) is 5. The van der Waals surface area contributed by atoms with Crippen molar-refractivity contribution < 1.29 is 4.74 Å². The third-order valence-corrected chi connectivity index (χ3v) is 6.38. The van der Waals surface area contributed by atoms with Gasteiger partial charge in [0.05, 0.1) is 12.8 Å². The first-order chi connectivity index (χ1) is 15.8. The number of guanidine groups is 1. The molecule has 0 aliphatic carbocycles. The summed E-state index contributed by atoms with van der Waals surface area (Å²) in [5.74, 6) is 2.86. The maximum Gasteiger partial charge on any atom is 0.191 e. The lowest BCUT2D eigenvalue weighted by Gasteiger charge is -2.23. The largest absolute Gasteiger partial charge is 0.495 e. The number of hydrogen-bond donors (Lipinski definition) is 2. The zero-order chi connectivity index (χ0) is 22.2. The van der Waals surface area contributed by atoms with Crippen LogP contribution in [-0.2, 0) is 6.54 Å². The van der Waals surface area contributed by atoms with Crippen LogP contribution in [0.25, 0.3) is 0 Å². The van der Waals surface area contributed by atoms with E-state index in [1.165, 1.54) is 31.2 Å². The first-order valence-corrected chi connectivity index (χ1v) is 11.8. The Morgan fingerprint density at radius 3 is 2.64 bits per heavy atom. The molecule has 0 radical (unpaired) electrons. The van der Waals surface area contributed by atoms with Gasteiger partial charge in [-0.25, -0.2) is 4.98 Å². The summed E-state index contributed by atoms with van der Waals surface area (Å²) >= 11 is 0. The first-order valence-electron chi connectivity index (χ1n) is 11.8. The van der Waals surface area contributed by atoms with Gasteiger partial charge in [-0.1, -0.05) is 25.0 Å². The maximum atomic E-state index is 5.54. The third kappa shape index (κ3) is 6.88. The Hall–Kier alpha value is -2.23. The van der Waals surface area contributed by atoms with E-state index in [-0.39, 0.29) is 24.0 Å². The molecule has 1 atom stereocenters. The van der Waals surface area contributed by atoms with Gasteiger partial charge in [-0.15, -0.1) is 24.0 Å². The average Bonchev–Trinajstić information content (AvgIpc) is 3.13. The van der Waals surface area contributed by atoms with Gasteiger partial charge in [-0.2, -0.15) is 0 Å². The fraction of sp³-hybridized carbons (Fsp3) is 0.520. The molecule has 2 aliphatic heterocycles. The van der Waals surface area contributed by atoms with Crippen LogP contribution < -0.4 is 25.2 Å². The fourth-order valence-electron chi connectivity index (χ4n) is 4.60. The molecule has 2 saturated heterocycles. The predicted octanol–water partition coefficient (Wildman–Crippen LogP) is 4.03. The number of para-hydroxylation sites is 2. The second kappa shape index (κ2) is 12.9. The maximum absolute atomic E-state index is 5.54. The molecular weight excluding hydrogens is 527 g/mol.